The number of thiocarbonyl (C=S) groups is 1. The highest BCUT2D eigenvalue weighted by molar-refractivity contribution is 8.26. The molecule has 0 radical (unpaired) electrons. The van der Waals surface area contributed by atoms with E-state index in [1.165, 1.54) is 42.4 Å². The molecule has 9 heteroatoms. The monoisotopic (exact) mass is 565 g/mol. The minimum Gasteiger partial charge on any atom is -0.490 e. The van der Waals surface area contributed by atoms with Gasteiger partial charge in [0.2, 0.25) is 5.91 Å². The van der Waals surface area contributed by atoms with Gasteiger partial charge in [-0.25, -0.2) is 4.98 Å². The number of unbranched alkanes of at least 4 members (excludes halogenated alkanes) is 2. The molecule has 1 N–H and O–H groups in total. The van der Waals surface area contributed by atoms with Crippen molar-refractivity contribution < 1.29 is 14.3 Å². The Labute approximate surface area is 236 Å². The molecule has 1 aliphatic heterocycles. The van der Waals surface area contributed by atoms with Crippen molar-refractivity contribution >= 4 is 72.9 Å². The number of fused-ring (bicyclic) bond motifs is 1. The molecule has 1 saturated carbocycles. The molecular weight excluding hydrogens is 535 g/mol. The third kappa shape index (κ3) is 7.01. The molecule has 1 saturated heterocycles. The van der Waals surface area contributed by atoms with Gasteiger partial charge in [0.1, 0.15) is 10.1 Å². The number of nitrogens with one attached hydrogen (secondary N) is 1. The molecule has 2 fully saturated rings. The second-order valence-corrected chi connectivity index (χ2v) is 12.3. The summed E-state index contributed by atoms with van der Waals surface area (Å²) in [4.78, 5) is 32.0. The predicted octanol–water partition coefficient (Wildman–Crippen LogP) is 7.41. The van der Waals surface area contributed by atoms with E-state index in [2.05, 4.69) is 10.3 Å². The van der Waals surface area contributed by atoms with Crippen molar-refractivity contribution in [1.29, 1.82) is 0 Å². The smallest absolute Gasteiger partial charge is 0.266 e. The van der Waals surface area contributed by atoms with Crippen LogP contribution in [0.5, 0.6) is 5.75 Å². The minimum absolute atomic E-state index is 0.0345. The van der Waals surface area contributed by atoms with E-state index in [9.17, 15) is 9.59 Å². The standard InChI is InChI=1S/C29H31N3O3S3/c33-26(31-28-30-23-11-6-7-12-24(23)37-28)13-5-2-8-18-32-27(34)25(38-29(32)36)19-20-14-16-22(17-15-20)35-21-9-3-1-4-10-21/h6-7,11-12,14-17,19,21H,1-5,8-10,13,18H2,(H,30,31,33)/b25-19-. The van der Waals surface area contributed by atoms with Crippen LogP contribution in [0.4, 0.5) is 5.13 Å². The van der Waals surface area contributed by atoms with Gasteiger partial charge >= 0.3 is 0 Å². The second-order valence-electron chi connectivity index (χ2n) is 9.63. The van der Waals surface area contributed by atoms with Gasteiger partial charge in [0.05, 0.1) is 21.2 Å². The summed E-state index contributed by atoms with van der Waals surface area (Å²) < 4.78 is 7.75. The van der Waals surface area contributed by atoms with E-state index >= 15 is 0 Å². The maximum atomic E-state index is 13.0. The third-order valence-electron chi connectivity index (χ3n) is 6.73. The lowest BCUT2D eigenvalue weighted by Crippen LogP contribution is -2.29. The Morgan fingerprint density at radius 1 is 1.08 bits per heavy atom. The first-order valence-electron chi connectivity index (χ1n) is 13.2. The molecule has 1 aromatic heterocycles. The normalized spacial score (nSPS) is 17.5. The largest absolute Gasteiger partial charge is 0.490 e. The molecule has 0 unspecified atom stereocenters. The number of ether oxygens (including phenoxy) is 1. The fourth-order valence-corrected chi connectivity index (χ4v) is 6.89. The molecule has 2 aromatic carbocycles. The zero-order chi connectivity index (χ0) is 26.3. The van der Waals surface area contributed by atoms with Gasteiger partial charge in [-0.1, -0.05) is 72.4 Å². The van der Waals surface area contributed by atoms with Crippen LogP contribution >= 0.6 is 35.3 Å². The van der Waals surface area contributed by atoms with Crippen molar-refractivity contribution in [3.8, 4) is 5.75 Å². The van der Waals surface area contributed by atoms with Crippen LogP contribution in [0.25, 0.3) is 16.3 Å². The first-order chi connectivity index (χ1) is 18.5. The molecule has 5 rings (SSSR count). The number of hydrogen-bond donors (Lipinski definition) is 1. The average Bonchev–Trinajstić information content (AvgIpc) is 3.45. The number of thioether (sulfide) groups is 1. The molecule has 3 aromatic rings. The number of hydrogen-bond acceptors (Lipinski definition) is 7. The Morgan fingerprint density at radius 2 is 1.87 bits per heavy atom. The number of benzene rings is 2. The quantitative estimate of drug-likeness (QED) is 0.157. The van der Waals surface area contributed by atoms with Crippen LogP contribution < -0.4 is 10.1 Å². The Morgan fingerprint density at radius 3 is 2.66 bits per heavy atom. The Kier molecular flexibility index (Phi) is 9.09. The topological polar surface area (TPSA) is 71.5 Å². The summed E-state index contributed by atoms with van der Waals surface area (Å²) in [5.41, 5.74) is 1.85. The lowest BCUT2D eigenvalue weighted by Gasteiger charge is -2.22. The van der Waals surface area contributed by atoms with Crippen molar-refractivity contribution in [2.45, 2.75) is 63.9 Å². The molecular formula is C29H31N3O3S3. The van der Waals surface area contributed by atoms with Gasteiger partial charge < -0.3 is 10.1 Å². The summed E-state index contributed by atoms with van der Waals surface area (Å²) in [7, 11) is 0. The molecule has 2 heterocycles. The molecule has 38 heavy (non-hydrogen) atoms. The fraction of sp³-hybridized carbons (Fsp3) is 0.379. The van der Waals surface area contributed by atoms with Gasteiger partial charge in [-0.15, -0.1) is 0 Å². The highest BCUT2D eigenvalue weighted by Crippen LogP contribution is 2.33. The zero-order valence-electron chi connectivity index (χ0n) is 21.2. The van der Waals surface area contributed by atoms with Crippen molar-refractivity contribution in [3.63, 3.8) is 0 Å². The number of rotatable bonds is 10. The highest BCUT2D eigenvalue weighted by atomic mass is 32.2. The van der Waals surface area contributed by atoms with Crippen LogP contribution in [0.15, 0.2) is 53.4 Å². The molecule has 2 aliphatic rings. The van der Waals surface area contributed by atoms with Crippen molar-refractivity contribution in [3.05, 3.63) is 59.0 Å². The van der Waals surface area contributed by atoms with Gasteiger partial charge in [-0.3, -0.25) is 14.5 Å². The highest BCUT2D eigenvalue weighted by Gasteiger charge is 2.31. The number of anilines is 1. The number of thiazole rings is 1. The molecule has 6 nitrogen and oxygen atoms in total. The summed E-state index contributed by atoms with van der Waals surface area (Å²) in [5, 5.41) is 3.53. The van der Waals surface area contributed by atoms with Crippen LogP contribution in [0.1, 0.15) is 63.4 Å². The number of carbonyl (C=O) groups is 2. The Bertz CT molecular complexity index is 1300. The summed E-state index contributed by atoms with van der Waals surface area (Å²) in [6.07, 6.45) is 11.1. The predicted molar refractivity (Wildman–Crippen MR) is 161 cm³/mol. The summed E-state index contributed by atoms with van der Waals surface area (Å²) in [6.45, 7) is 0.565. The lowest BCUT2D eigenvalue weighted by atomic mass is 9.98. The van der Waals surface area contributed by atoms with E-state index < -0.39 is 0 Å². The average molecular weight is 566 g/mol. The van der Waals surface area contributed by atoms with E-state index in [4.69, 9.17) is 17.0 Å². The van der Waals surface area contributed by atoms with Crippen LogP contribution in [-0.4, -0.2) is 38.7 Å². The van der Waals surface area contributed by atoms with Crippen molar-refractivity contribution in [1.82, 2.24) is 9.88 Å². The molecule has 1 aliphatic carbocycles. The number of amides is 2. The SMILES string of the molecule is O=C(CCCCCN1C(=O)/C(=C/c2ccc(OC3CCCCC3)cc2)SC1=S)Nc1nc2ccccc2s1. The maximum absolute atomic E-state index is 13.0. The number of carbonyl (C=O) groups excluding carboxylic acids is 2. The minimum atomic E-state index is -0.0453. The first-order valence-corrected chi connectivity index (χ1v) is 15.3. The van der Waals surface area contributed by atoms with Crippen LogP contribution in [0.2, 0.25) is 0 Å². The van der Waals surface area contributed by atoms with E-state index in [-0.39, 0.29) is 11.8 Å². The van der Waals surface area contributed by atoms with E-state index in [1.807, 2.05) is 54.6 Å². The van der Waals surface area contributed by atoms with Gasteiger partial charge in [0, 0.05) is 13.0 Å². The number of aromatic nitrogens is 1. The zero-order valence-corrected chi connectivity index (χ0v) is 23.6. The summed E-state index contributed by atoms with van der Waals surface area (Å²) >= 11 is 8.31. The van der Waals surface area contributed by atoms with Gasteiger partial charge in [0.25, 0.3) is 5.91 Å². The van der Waals surface area contributed by atoms with Gasteiger partial charge in [0.15, 0.2) is 5.13 Å². The van der Waals surface area contributed by atoms with Gasteiger partial charge in [-0.05, 0) is 74.4 Å². The molecule has 0 spiro atoms. The van der Waals surface area contributed by atoms with Crippen molar-refractivity contribution in [2.24, 2.45) is 0 Å². The van der Waals surface area contributed by atoms with Crippen LogP contribution in [0.3, 0.4) is 0 Å². The van der Waals surface area contributed by atoms with E-state index in [1.54, 1.807) is 4.90 Å². The summed E-state index contributed by atoms with van der Waals surface area (Å²) in [6, 6.07) is 15.8. The number of para-hydroxylation sites is 1. The first kappa shape index (κ1) is 26.8. The fourth-order valence-electron chi connectivity index (χ4n) is 4.70. The molecule has 0 atom stereocenters. The molecule has 2 amide bonds. The van der Waals surface area contributed by atoms with E-state index in [0.29, 0.717) is 33.4 Å². The molecule has 198 valence electrons. The third-order valence-corrected chi connectivity index (χ3v) is 9.06. The van der Waals surface area contributed by atoms with E-state index in [0.717, 1.165) is 53.6 Å². The summed E-state index contributed by atoms with van der Waals surface area (Å²) in [5.74, 6) is 0.805. The number of nitrogens with zero attached hydrogens (tertiary/aromatic N) is 2. The van der Waals surface area contributed by atoms with Crippen molar-refractivity contribution in [2.75, 3.05) is 11.9 Å². The van der Waals surface area contributed by atoms with Gasteiger partial charge in [-0.2, -0.15) is 0 Å². The Hall–Kier alpha value is -2.75. The second kappa shape index (κ2) is 12.9. The van der Waals surface area contributed by atoms with Crippen LogP contribution in [0, 0.1) is 0 Å². The maximum Gasteiger partial charge on any atom is 0.266 e. The lowest BCUT2D eigenvalue weighted by molar-refractivity contribution is -0.122. The van der Waals surface area contributed by atoms with Crippen LogP contribution in [-0.2, 0) is 9.59 Å². The Balaban J connectivity index is 1.04. The molecule has 0 bridgehead atoms.